The number of aliphatic carboxylic acids is 1. The van der Waals surface area contributed by atoms with Crippen molar-refractivity contribution in [2.75, 3.05) is 5.75 Å². The van der Waals surface area contributed by atoms with Gasteiger partial charge in [-0.15, -0.1) is 0 Å². The first kappa shape index (κ1) is 13.4. The lowest BCUT2D eigenvalue weighted by molar-refractivity contribution is -0.138. The molecule has 0 heterocycles. The van der Waals surface area contributed by atoms with Gasteiger partial charge in [0, 0.05) is 12.5 Å². The number of sulfonamides is 1. The van der Waals surface area contributed by atoms with Crippen LogP contribution in [0.25, 0.3) is 0 Å². The Morgan fingerprint density at radius 3 is 2.31 bits per heavy atom. The lowest BCUT2D eigenvalue weighted by Crippen LogP contribution is -2.38. The molecule has 94 valence electrons. The van der Waals surface area contributed by atoms with Gasteiger partial charge in [-0.1, -0.05) is 0 Å². The van der Waals surface area contributed by atoms with Crippen molar-refractivity contribution in [3.8, 4) is 0 Å². The molecule has 0 aromatic heterocycles. The molecule has 1 saturated carbocycles. The van der Waals surface area contributed by atoms with E-state index in [1.54, 1.807) is 6.92 Å². The smallest absolute Gasteiger partial charge is 0.303 e. The normalized spacial score (nSPS) is 26.6. The minimum atomic E-state index is -3.13. The fourth-order valence-electron chi connectivity index (χ4n) is 2.07. The highest BCUT2D eigenvalue weighted by molar-refractivity contribution is 7.89. The third-order valence-electron chi connectivity index (χ3n) is 3.04. The molecule has 0 spiro atoms. The van der Waals surface area contributed by atoms with Gasteiger partial charge in [0.05, 0.1) is 5.75 Å². The summed E-state index contributed by atoms with van der Waals surface area (Å²) in [7, 11) is -3.13. The van der Waals surface area contributed by atoms with Crippen LogP contribution in [0.5, 0.6) is 0 Å². The molecule has 5 nitrogen and oxygen atoms in total. The first-order chi connectivity index (χ1) is 7.43. The Labute approximate surface area is 96.3 Å². The Kier molecular flexibility index (Phi) is 4.73. The fourth-order valence-corrected chi connectivity index (χ4v) is 2.98. The largest absolute Gasteiger partial charge is 0.481 e. The number of hydrogen-bond acceptors (Lipinski definition) is 3. The van der Waals surface area contributed by atoms with Crippen molar-refractivity contribution < 1.29 is 18.3 Å². The predicted molar refractivity (Wildman–Crippen MR) is 60.6 cm³/mol. The zero-order valence-corrected chi connectivity index (χ0v) is 10.3. The molecule has 0 amide bonds. The Bertz CT molecular complexity index is 331. The van der Waals surface area contributed by atoms with E-state index in [0.29, 0.717) is 0 Å². The van der Waals surface area contributed by atoms with Crippen LogP contribution in [0.2, 0.25) is 0 Å². The fraction of sp³-hybridized carbons (Fsp3) is 0.900. The lowest BCUT2D eigenvalue weighted by Gasteiger charge is -2.27. The highest BCUT2D eigenvalue weighted by Gasteiger charge is 2.25. The van der Waals surface area contributed by atoms with Gasteiger partial charge in [-0.3, -0.25) is 4.79 Å². The van der Waals surface area contributed by atoms with Crippen molar-refractivity contribution in [1.29, 1.82) is 0 Å². The first-order valence-electron chi connectivity index (χ1n) is 5.64. The number of carboxylic acids is 1. The van der Waals surface area contributed by atoms with Crippen LogP contribution in [-0.2, 0) is 14.8 Å². The summed E-state index contributed by atoms with van der Waals surface area (Å²) in [5.41, 5.74) is 0. The summed E-state index contributed by atoms with van der Waals surface area (Å²) >= 11 is 0. The predicted octanol–water partition coefficient (Wildman–Crippen LogP) is 0.959. The summed E-state index contributed by atoms with van der Waals surface area (Å²) in [5.74, 6) is -0.459. The summed E-state index contributed by atoms with van der Waals surface area (Å²) in [5, 5.41) is 8.64. The van der Waals surface area contributed by atoms with Crippen molar-refractivity contribution in [3.05, 3.63) is 0 Å². The minimum absolute atomic E-state index is 0.00463. The summed E-state index contributed by atoms with van der Waals surface area (Å²) in [6, 6.07) is -0.00463. The quantitative estimate of drug-likeness (QED) is 0.760. The van der Waals surface area contributed by atoms with Crippen LogP contribution in [0.1, 0.15) is 39.0 Å². The van der Waals surface area contributed by atoms with Crippen LogP contribution in [0.4, 0.5) is 0 Å². The molecule has 1 rings (SSSR count). The third-order valence-corrected chi connectivity index (χ3v) is 4.49. The molecular formula is C10H19NO4S. The van der Waals surface area contributed by atoms with E-state index >= 15 is 0 Å². The maximum Gasteiger partial charge on any atom is 0.303 e. The summed E-state index contributed by atoms with van der Waals surface area (Å²) in [4.78, 5) is 10.5. The van der Waals surface area contributed by atoms with E-state index in [0.717, 1.165) is 25.7 Å². The Balaban J connectivity index is 2.35. The maximum absolute atomic E-state index is 11.3. The molecule has 0 aliphatic heterocycles. The van der Waals surface area contributed by atoms with Crippen LogP contribution in [-0.4, -0.2) is 31.3 Å². The van der Waals surface area contributed by atoms with Crippen molar-refractivity contribution in [2.24, 2.45) is 5.92 Å². The Morgan fingerprint density at radius 1 is 1.31 bits per heavy atom. The van der Waals surface area contributed by atoms with E-state index in [1.807, 2.05) is 0 Å². The molecule has 0 unspecified atom stereocenters. The van der Waals surface area contributed by atoms with Gasteiger partial charge in [0.15, 0.2) is 0 Å². The van der Waals surface area contributed by atoms with Crippen molar-refractivity contribution in [1.82, 2.24) is 4.72 Å². The van der Waals surface area contributed by atoms with Crippen LogP contribution >= 0.6 is 0 Å². The van der Waals surface area contributed by atoms with Gasteiger partial charge in [0.25, 0.3) is 0 Å². The molecule has 1 fully saturated rings. The molecule has 0 saturated heterocycles. The molecule has 0 bridgehead atoms. The molecule has 6 heteroatoms. The van der Waals surface area contributed by atoms with E-state index in [1.165, 1.54) is 0 Å². The zero-order valence-electron chi connectivity index (χ0n) is 9.48. The van der Waals surface area contributed by atoms with Crippen LogP contribution in [0.15, 0.2) is 0 Å². The number of nitrogens with one attached hydrogen (secondary N) is 1. The highest BCUT2D eigenvalue weighted by atomic mass is 32.2. The molecule has 0 radical (unpaired) electrons. The molecule has 2 N–H and O–H groups in total. The first-order valence-corrected chi connectivity index (χ1v) is 7.30. The number of rotatable bonds is 5. The van der Waals surface area contributed by atoms with Crippen LogP contribution in [0.3, 0.4) is 0 Å². The number of carbonyl (C=O) groups is 1. The van der Waals surface area contributed by atoms with E-state index in [9.17, 15) is 13.2 Å². The maximum atomic E-state index is 11.3. The van der Waals surface area contributed by atoms with Gasteiger partial charge in [-0.2, -0.15) is 0 Å². The van der Waals surface area contributed by atoms with Crippen molar-refractivity contribution >= 4 is 16.0 Å². The molecule has 16 heavy (non-hydrogen) atoms. The monoisotopic (exact) mass is 249 g/mol. The van der Waals surface area contributed by atoms with E-state index in [4.69, 9.17) is 5.11 Å². The molecule has 0 aromatic carbocycles. The molecular weight excluding hydrogens is 230 g/mol. The van der Waals surface area contributed by atoms with Crippen LogP contribution < -0.4 is 4.72 Å². The average Bonchev–Trinajstić information content (AvgIpc) is 2.20. The summed E-state index contributed by atoms with van der Waals surface area (Å²) < 4.78 is 25.3. The van der Waals surface area contributed by atoms with Gasteiger partial charge < -0.3 is 5.11 Å². The molecule has 0 atom stereocenters. The summed E-state index contributed by atoms with van der Waals surface area (Å²) in [6.07, 6.45) is 3.29. The molecule has 1 aliphatic carbocycles. The average molecular weight is 249 g/mol. The molecule has 1 aliphatic rings. The van der Waals surface area contributed by atoms with Crippen molar-refractivity contribution in [3.63, 3.8) is 0 Å². The summed E-state index contributed by atoms with van der Waals surface area (Å²) in [6.45, 7) is 1.61. The van der Waals surface area contributed by atoms with Gasteiger partial charge in [-0.05, 0) is 38.5 Å². The van der Waals surface area contributed by atoms with Gasteiger partial charge in [-0.25, -0.2) is 13.1 Å². The van der Waals surface area contributed by atoms with E-state index in [2.05, 4.69) is 4.72 Å². The van der Waals surface area contributed by atoms with Crippen LogP contribution in [0, 0.1) is 5.92 Å². The molecule has 0 aromatic rings. The Morgan fingerprint density at radius 2 is 1.88 bits per heavy atom. The number of carboxylic acid groups (broad SMARTS) is 1. The second-order valence-electron chi connectivity index (χ2n) is 4.34. The standard InChI is InChI=1S/C10H19NO4S/c1-2-16(14,15)11-9-5-3-8(4-6-9)7-10(12)13/h8-9,11H,2-7H2,1H3,(H,12,13). The SMILES string of the molecule is CCS(=O)(=O)NC1CCC(CC(=O)O)CC1. The number of hydrogen-bond donors (Lipinski definition) is 2. The van der Waals surface area contributed by atoms with E-state index in [-0.39, 0.29) is 24.1 Å². The lowest BCUT2D eigenvalue weighted by atomic mass is 9.84. The van der Waals surface area contributed by atoms with E-state index < -0.39 is 16.0 Å². The van der Waals surface area contributed by atoms with Gasteiger partial charge >= 0.3 is 5.97 Å². The topological polar surface area (TPSA) is 83.5 Å². The second kappa shape index (κ2) is 5.63. The third kappa shape index (κ3) is 4.49. The zero-order chi connectivity index (χ0) is 12.2. The second-order valence-corrected chi connectivity index (χ2v) is 6.38. The Hall–Kier alpha value is -0.620. The van der Waals surface area contributed by atoms with Crippen molar-refractivity contribution in [2.45, 2.75) is 45.1 Å². The minimum Gasteiger partial charge on any atom is -0.481 e. The van der Waals surface area contributed by atoms with Gasteiger partial charge in [0.1, 0.15) is 0 Å². The van der Waals surface area contributed by atoms with Gasteiger partial charge in [0.2, 0.25) is 10.0 Å². The highest BCUT2D eigenvalue weighted by Crippen LogP contribution is 2.27.